The molecule has 0 aromatic heterocycles. The summed E-state index contributed by atoms with van der Waals surface area (Å²) >= 11 is 0. The molecule has 0 aliphatic rings. The first-order chi connectivity index (χ1) is 10.6. The Labute approximate surface area is 127 Å². The van der Waals surface area contributed by atoms with Gasteiger partial charge in [-0.1, -0.05) is 18.2 Å². The number of carbonyl (C=O) groups excluding carboxylic acids is 2. The molecule has 5 heteroatoms. The van der Waals surface area contributed by atoms with Gasteiger partial charge >= 0.3 is 0 Å². The lowest BCUT2D eigenvalue weighted by atomic mass is 10.0. The van der Waals surface area contributed by atoms with Crippen LogP contribution in [0.1, 0.15) is 26.3 Å². The summed E-state index contributed by atoms with van der Waals surface area (Å²) in [6.45, 7) is 0. The van der Waals surface area contributed by atoms with Gasteiger partial charge in [0.1, 0.15) is 5.75 Å². The average molecular weight is 298 g/mol. The summed E-state index contributed by atoms with van der Waals surface area (Å²) in [7, 11) is 1.31. The predicted molar refractivity (Wildman–Crippen MR) is 81.5 cm³/mol. The summed E-state index contributed by atoms with van der Waals surface area (Å²) in [4.78, 5) is 23.4. The summed E-state index contributed by atoms with van der Waals surface area (Å²) in [6, 6.07) is 8.92. The lowest BCUT2D eigenvalue weighted by Crippen LogP contribution is -2.04. The van der Waals surface area contributed by atoms with E-state index in [-0.39, 0.29) is 28.4 Å². The fourth-order valence-electron chi connectivity index (χ4n) is 1.99. The lowest BCUT2D eigenvalue weighted by molar-refractivity contribution is 0.103. The third-order valence-electron chi connectivity index (χ3n) is 3.07. The van der Waals surface area contributed by atoms with Crippen LogP contribution in [-0.2, 0) is 0 Å². The first-order valence-corrected chi connectivity index (χ1v) is 6.43. The first kappa shape index (κ1) is 15.3. The molecular formula is C17H14O5. The minimum absolute atomic E-state index is 0.00697. The Morgan fingerprint density at radius 1 is 1.09 bits per heavy atom. The Balaban J connectivity index is 2.38. The third-order valence-corrected chi connectivity index (χ3v) is 3.07. The largest absolute Gasteiger partial charge is 0.508 e. The molecule has 0 aliphatic carbocycles. The van der Waals surface area contributed by atoms with Crippen LogP contribution in [0, 0.1) is 0 Å². The molecule has 0 radical (unpaired) electrons. The van der Waals surface area contributed by atoms with Crippen LogP contribution in [0.5, 0.6) is 17.2 Å². The Hall–Kier alpha value is -3.08. The van der Waals surface area contributed by atoms with Crippen molar-refractivity contribution in [1.82, 2.24) is 0 Å². The molecule has 112 valence electrons. The van der Waals surface area contributed by atoms with Gasteiger partial charge in [-0.2, -0.15) is 0 Å². The molecule has 2 rings (SSSR count). The summed E-state index contributed by atoms with van der Waals surface area (Å²) in [6.07, 6.45) is 3.35. The van der Waals surface area contributed by atoms with Gasteiger partial charge in [-0.3, -0.25) is 9.59 Å². The SMILES string of the molecule is COc1c(O)ccc(C=O)c1C(=O)/C=C/c1ccc(O)cc1. The number of carbonyl (C=O) groups is 2. The molecule has 0 fully saturated rings. The normalized spacial score (nSPS) is 10.6. The number of hydrogen-bond acceptors (Lipinski definition) is 5. The topological polar surface area (TPSA) is 83.8 Å². The van der Waals surface area contributed by atoms with E-state index in [0.29, 0.717) is 11.8 Å². The van der Waals surface area contributed by atoms with E-state index in [1.54, 1.807) is 18.2 Å². The number of hydrogen-bond donors (Lipinski definition) is 2. The number of phenols is 2. The highest BCUT2D eigenvalue weighted by molar-refractivity contribution is 6.13. The molecule has 0 heterocycles. The number of benzene rings is 2. The number of allylic oxidation sites excluding steroid dienone is 1. The van der Waals surface area contributed by atoms with Gasteiger partial charge in [-0.05, 0) is 35.9 Å². The molecule has 0 spiro atoms. The Morgan fingerprint density at radius 2 is 1.77 bits per heavy atom. The van der Waals surface area contributed by atoms with Crippen LogP contribution < -0.4 is 4.74 Å². The summed E-state index contributed by atoms with van der Waals surface area (Å²) in [5, 5.41) is 18.9. The zero-order valence-corrected chi connectivity index (χ0v) is 11.8. The summed E-state index contributed by atoms with van der Waals surface area (Å²) in [5.74, 6) is -0.594. The first-order valence-electron chi connectivity index (χ1n) is 6.43. The summed E-state index contributed by atoms with van der Waals surface area (Å²) in [5.41, 5.74) is 0.848. The van der Waals surface area contributed by atoms with Gasteiger partial charge in [0.05, 0.1) is 12.7 Å². The highest BCUT2D eigenvalue weighted by atomic mass is 16.5. The van der Waals surface area contributed by atoms with E-state index in [1.807, 2.05) is 0 Å². The highest BCUT2D eigenvalue weighted by Crippen LogP contribution is 2.32. The predicted octanol–water partition coefficient (Wildman–Crippen LogP) is 2.82. The quantitative estimate of drug-likeness (QED) is 0.504. The molecule has 0 saturated carbocycles. The third kappa shape index (κ3) is 3.15. The molecule has 0 unspecified atom stereocenters. The second-order valence-corrected chi connectivity index (χ2v) is 4.49. The van der Waals surface area contributed by atoms with Crippen molar-refractivity contribution in [2.75, 3.05) is 7.11 Å². The van der Waals surface area contributed by atoms with Crippen molar-refractivity contribution >= 4 is 18.1 Å². The summed E-state index contributed by atoms with van der Waals surface area (Å²) < 4.78 is 5.01. The molecular weight excluding hydrogens is 284 g/mol. The number of ketones is 1. The maximum atomic E-state index is 12.3. The van der Waals surface area contributed by atoms with Gasteiger partial charge in [-0.25, -0.2) is 0 Å². The minimum Gasteiger partial charge on any atom is -0.508 e. The Bertz CT molecular complexity index is 729. The van der Waals surface area contributed by atoms with Gasteiger partial charge < -0.3 is 14.9 Å². The second kappa shape index (κ2) is 6.58. The van der Waals surface area contributed by atoms with Crippen molar-refractivity contribution in [1.29, 1.82) is 0 Å². The maximum Gasteiger partial charge on any atom is 0.190 e. The monoisotopic (exact) mass is 298 g/mol. The van der Waals surface area contributed by atoms with Crippen LogP contribution in [0.4, 0.5) is 0 Å². The van der Waals surface area contributed by atoms with Crippen LogP contribution in [0.3, 0.4) is 0 Å². The molecule has 0 aliphatic heterocycles. The van der Waals surface area contributed by atoms with E-state index >= 15 is 0 Å². The van der Waals surface area contributed by atoms with E-state index in [1.165, 1.54) is 37.5 Å². The van der Waals surface area contributed by atoms with Crippen molar-refractivity contribution in [3.8, 4) is 17.2 Å². The molecule has 5 nitrogen and oxygen atoms in total. The van der Waals surface area contributed by atoms with Crippen LogP contribution in [0.15, 0.2) is 42.5 Å². The van der Waals surface area contributed by atoms with Crippen molar-refractivity contribution in [2.45, 2.75) is 0 Å². The smallest absolute Gasteiger partial charge is 0.190 e. The van der Waals surface area contributed by atoms with Crippen molar-refractivity contribution in [3.05, 3.63) is 59.2 Å². The van der Waals surface area contributed by atoms with Gasteiger partial charge in [0.25, 0.3) is 0 Å². The number of aromatic hydroxyl groups is 2. The van der Waals surface area contributed by atoms with Crippen molar-refractivity contribution in [3.63, 3.8) is 0 Å². The van der Waals surface area contributed by atoms with Gasteiger partial charge in [0.15, 0.2) is 23.6 Å². The Morgan fingerprint density at radius 3 is 2.36 bits per heavy atom. The van der Waals surface area contributed by atoms with Crippen LogP contribution in [-0.4, -0.2) is 29.4 Å². The van der Waals surface area contributed by atoms with Crippen LogP contribution in [0.2, 0.25) is 0 Å². The molecule has 0 saturated heterocycles. The average Bonchev–Trinajstić information content (AvgIpc) is 2.53. The zero-order chi connectivity index (χ0) is 16.1. The van der Waals surface area contributed by atoms with Crippen molar-refractivity contribution in [2.24, 2.45) is 0 Å². The van der Waals surface area contributed by atoms with E-state index in [9.17, 15) is 19.8 Å². The van der Waals surface area contributed by atoms with Gasteiger partial charge in [0, 0.05) is 5.56 Å². The van der Waals surface area contributed by atoms with Crippen molar-refractivity contribution < 1.29 is 24.5 Å². The van der Waals surface area contributed by atoms with Gasteiger partial charge in [0.2, 0.25) is 0 Å². The van der Waals surface area contributed by atoms with E-state index in [0.717, 1.165) is 0 Å². The molecule has 0 atom stereocenters. The molecule has 22 heavy (non-hydrogen) atoms. The molecule has 2 aromatic carbocycles. The second-order valence-electron chi connectivity index (χ2n) is 4.49. The molecule has 0 bridgehead atoms. The van der Waals surface area contributed by atoms with Gasteiger partial charge in [-0.15, -0.1) is 0 Å². The molecule has 2 aromatic rings. The lowest BCUT2D eigenvalue weighted by Gasteiger charge is -2.10. The van der Waals surface area contributed by atoms with E-state index < -0.39 is 5.78 Å². The van der Waals surface area contributed by atoms with E-state index in [4.69, 9.17) is 4.74 Å². The number of aldehydes is 1. The molecule has 0 amide bonds. The van der Waals surface area contributed by atoms with E-state index in [2.05, 4.69) is 0 Å². The number of rotatable bonds is 5. The highest BCUT2D eigenvalue weighted by Gasteiger charge is 2.18. The fraction of sp³-hybridized carbons (Fsp3) is 0.0588. The number of phenolic OH excluding ortho intramolecular Hbond substituents is 2. The standard InChI is InChI=1S/C17H14O5/c1-22-17-15(21)9-5-12(10-18)16(17)14(20)8-4-11-2-6-13(19)7-3-11/h2-10,19,21H,1H3/b8-4+. The van der Waals surface area contributed by atoms with Crippen LogP contribution >= 0.6 is 0 Å². The zero-order valence-electron chi connectivity index (χ0n) is 11.8. The number of ether oxygens (including phenoxy) is 1. The molecule has 2 N–H and O–H groups in total. The minimum atomic E-state index is -0.470. The number of methoxy groups -OCH3 is 1. The maximum absolute atomic E-state index is 12.3. The Kier molecular flexibility index (Phi) is 4.58. The van der Waals surface area contributed by atoms with Crippen LogP contribution in [0.25, 0.3) is 6.08 Å². The fourth-order valence-corrected chi connectivity index (χ4v) is 1.99.